The molecule has 1 amide bonds. The van der Waals surface area contributed by atoms with Gasteiger partial charge < -0.3 is 9.05 Å². The van der Waals surface area contributed by atoms with Crippen molar-refractivity contribution in [3.63, 3.8) is 0 Å². The van der Waals surface area contributed by atoms with Gasteiger partial charge in [0.1, 0.15) is 0 Å². The lowest BCUT2D eigenvalue weighted by atomic mass is 10.0. The number of benzene rings is 2. The maximum absolute atomic E-state index is 13.6. The van der Waals surface area contributed by atoms with E-state index in [0.717, 1.165) is 11.1 Å². The van der Waals surface area contributed by atoms with Crippen LogP contribution in [0.3, 0.4) is 0 Å². The van der Waals surface area contributed by atoms with E-state index >= 15 is 0 Å². The molecule has 0 aliphatic carbocycles. The van der Waals surface area contributed by atoms with Crippen molar-refractivity contribution in [1.29, 1.82) is 0 Å². The summed E-state index contributed by atoms with van der Waals surface area (Å²) in [5.74, 6) is -1.07. The predicted octanol–water partition coefficient (Wildman–Crippen LogP) is 5.08. The van der Waals surface area contributed by atoms with E-state index in [1.165, 1.54) is 4.90 Å². The number of nitrogens with zero attached hydrogens (tertiary/aromatic N) is 1. The van der Waals surface area contributed by atoms with E-state index in [0.29, 0.717) is 5.56 Å². The molecule has 2 aromatic carbocycles. The van der Waals surface area contributed by atoms with Gasteiger partial charge in [-0.25, -0.2) is 0 Å². The minimum Gasteiger partial charge on any atom is -0.307 e. The van der Waals surface area contributed by atoms with Gasteiger partial charge in [-0.2, -0.15) is 0 Å². The summed E-state index contributed by atoms with van der Waals surface area (Å²) in [6, 6.07) is 16.5. The third kappa shape index (κ3) is 3.51. The van der Waals surface area contributed by atoms with Crippen LogP contribution in [-0.4, -0.2) is 24.0 Å². The Morgan fingerprint density at radius 3 is 2.27 bits per heavy atom. The molecule has 136 valence electrons. The summed E-state index contributed by atoms with van der Waals surface area (Å²) in [5, 5.41) is 0. The molecule has 1 atom stereocenters. The van der Waals surface area contributed by atoms with E-state index in [4.69, 9.17) is 9.05 Å². The topological polar surface area (TPSA) is 55.8 Å². The predicted molar refractivity (Wildman–Crippen MR) is 102 cm³/mol. The summed E-state index contributed by atoms with van der Waals surface area (Å²) in [7, 11) is -3.60. The van der Waals surface area contributed by atoms with E-state index < -0.39 is 13.4 Å². The van der Waals surface area contributed by atoms with Crippen molar-refractivity contribution in [1.82, 2.24) is 4.90 Å². The van der Waals surface area contributed by atoms with Crippen LogP contribution in [0, 0.1) is 0 Å². The monoisotopic (exact) mass is 371 g/mol. The van der Waals surface area contributed by atoms with Crippen molar-refractivity contribution >= 4 is 19.6 Å². The molecular formula is C20H22NO4P. The fourth-order valence-electron chi connectivity index (χ4n) is 3.06. The van der Waals surface area contributed by atoms with Crippen molar-refractivity contribution in [3.8, 4) is 0 Å². The molecule has 0 bridgehead atoms. The zero-order valence-corrected chi connectivity index (χ0v) is 15.8. The number of carbonyl (C=O) groups excluding carboxylic acids is 1. The number of hydrogen-bond acceptors (Lipinski definition) is 4. The van der Waals surface area contributed by atoms with Gasteiger partial charge in [0.25, 0.3) is 5.91 Å². The Morgan fingerprint density at radius 1 is 1.00 bits per heavy atom. The van der Waals surface area contributed by atoms with Gasteiger partial charge in [-0.1, -0.05) is 42.5 Å². The summed E-state index contributed by atoms with van der Waals surface area (Å²) < 4.78 is 24.8. The molecule has 0 fully saturated rings. The molecule has 0 saturated heterocycles. The highest BCUT2D eigenvalue weighted by Crippen LogP contribution is 2.63. The van der Waals surface area contributed by atoms with Gasteiger partial charge in [0.2, 0.25) is 0 Å². The maximum atomic E-state index is 13.6. The number of amides is 1. The van der Waals surface area contributed by atoms with Crippen LogP contribution in [0.4, 0.5) is 0 Å². The zero-order valence-electron chi connectivity index (χ0n) is 14.9. The van der Waals surface area contributed by atoms with Crippen molar-refractivity contribution in [3.05, 3.63) is 77.5 Å². The first-order chi connectivity index (χ1) is 12.6. The summed E-state index contributed by atoms with van der Waals surface area (Å²) in [6.45, 7) is 3.99. The molecule has 1 aliphatic heterocycles. The van der Waals surface area contributed by atoms with Gasteiger partial charge in [-0.3, -0.25) is 14.3 Å². The summed E-state index contributed by atoms with van der Waals surface area (Å²) in [6.07, 6.45) is 3.50. The second-order valence-corrected chi connectivity index (χ2v) is 7.86. The maximum Gasteiger partial charge on any atom is 0.357 e. The van der Waals surface area contributed by atoms with E-state index in [9.17, 15) is 9.36 Å². The molecule has 1 aliphatic rings. The third-order valence-corrected chi connectivity index (χ3v) is 6.49. The number of carbonyl (C=O) groups is 1. The quantitative estimate of drug-likeness (QED) is 0.665. The molecule has 0 saturated carbocycles. The molecule has 3 rings (SSSR count). The molecule has 1 heterocycles. The Hall–Kier alpha value is -2.20. The lowest BCUT2D eigenvalue weighted by Gasteiger charge is -2.36. The molecule has 6 heteroatoms. The molecule has 1 unspecified atom stereocenters. The SMILES string of the molecule is CCOP(=O)(OCC)C1c2ccccc2C=CN1C(=O)c1ccccc1. The molecule has 0 N–H and O–H groups in total. The van der Waals surface area contributed by atoms with E-state index in [2.05, 4.69) is 0 Å². The summed E-state index contributed by atoms with van der Waals surface area (Å²) >= 11 is 0. The second-order valence-electron chi connectivity index (χ2n) is 5.77. The third-order valence-electron chi connectivity index (χ3n) is 4.13. The van der Waals surface area contributed by atoms with Gasteiger partial charge in [0, 0.05) is 11.8 Å². The van der Waals surface area contributed by atoms with Crippen molar-refractivity contribution in [2.24, 2.45) is 0 Å². The molecule has 26 heavy (non-hydrogen) atoms. The van der Waals surface area contributed by atoms with Crippen molar-refractivity contribution < 1.29 is 18.4 Å². The van der Waals surface area contributed by atoms with Crippen molar-refractivity contribution in [2.75, 3.05) is 13.2 Å². The molecule has 5 nitrogen and oxygen atoms in total. The van der Waals surface area contributed by atoms with Crippen LogP contribution in [0.1, 0.15) is 41.1 Å². The molecular weight excluding hydrogens is 349 g/mol. The molecule has 0 radical (unpaired) electrons. The number of hydrogen-bond donors (Lipinski definition) is 0. The van der Waals surface area contributed by atoms with Crippen LogP contribution in [-0.2, 0) is 13.6 Å². The van der Waals surface area contributed by atoms with Crippen LogP contribution in [0.25, 0.3) is 6.08 Å². The smallest absolute Gasteiger partial charge is 0.307 e. The van der Waals surface area contributed by atoms with E-state index in [1.54, 1.807) is 44.3 Å². The van der Waals surface area contributed by atoms with Gasteiger partial charge in [0.05, 0.1) is 13.2 Å². The Morgan fingerprint density at radius 2 is 1.62 bits per heavy atom. The van der Waals surface area contributed by atoms with Gasteiger partial charge >= 0.3 is 7.60 Å². The van der Waals surface area contributed by atoms with Gasteiger partial charge in [-0.15, -0.1) is 0 Å². The Kier molecular flexibility index (Phi) is 5.72. The standard InChI is InChI=1S/C20H22NO4P/c1-3-24-26(23,25-4-2)20-18-13-9-8-10-16(18)14-15-21(20)19(22)17-11-6-5-7-12-17/h5-15,20H,3-4H2,1-2H3. The minimum absolute atomic E-state index is 0.229. The molecule has 0 aromatic heterocycles. The fourth-order valence-corrected chi connectivity index (χ4v) is 5.20. The Bertz CT molecular complexity index is 840. The highest BCUT2D eigenvalue weighted by molar-refractivity contribution is 7.54. The first-order valence-electron chi connectivity index (χ1n) is 8.64. The Labute approximate surface area is 153 Å². The highest BCUT2D eigenvalue weighted by atomic mass is 31.2. The average molecular weight is 371 g/mol. The first-order valence-corrected chi connectivity index (χ1v) is 10.3. The highest BCUT2D eigenvalue weighted by Gasteiger charge is 2.44. The zero-order chi connectivity index (χ0) is 18.6. The molecule has 2 aromatic rings. The van der Waals surface area contributed by atoms with Crippen LogP contribution in [0.2, 0.25) is 0 Å². The normalized spacial score (nSPS) is 16.4. The fraction of sp³-hybridized carbons (Fsp3) is 0.250. The largest absolute Gasteiger partial charge is 0.357 e. The second kappa shape index (κ2) is 8.00. The van der Waals surface area contributed by atoms with E-state index in [-0.39, 0.29) is 19.1 Å². The summed E-state index contributed by atoms with van der Waals surface area (Å²) in [5.41, 5.74) is 2.17. The van der Waals surface area contributed by atoms with Crippen LogP contribution < -0.4 is 0 Å². The van der Waals surface area contributed by atoms with Crippen LogP contribution >= 0.6 is 7.60 Å². The lowest BCUT2D eigenvalue weighted by molar-refractivity contribution is 0.0775. The number of fused-ring (bicyclic) bond motifs is 1. The Balaban J connectivity index is 2.11. The van der Waals surface area contributed by atoms with Crippen LogP contribution in [0.15, 0.2) is 60.8 Å². The summed E-state index contributed by atoms with van der Waals surface area (Å²) in [4.78, 5) is 14.6. The van der Waals surface area contributed by atoms with Gasteiger partial charge in [0.15, 0.2) is 5.78 Å². The minimum atomic E-state index is -3.60. The van der Waals surface area contributed by atoms with E-state index in [1.807, 2.05) is 36.4 Å². The van der Waals surface area contributed by atoms with Gasteiger partial charge in [-0.05, 0) is 43.2 Å². The first kappa shape index (κ1) is 18.6. The molecule has 0 spiro atoms. The average Bonchev–Trinajstić information content (AvgIpc) is 2.67. The lowest BCUT2D eigenvalue weighted by Crippen LogP contribution is -2.33. The number of rotatable bonds is 6. The van der Waals surface area contributed by atoms with Crippen molar-refractivity contribution in [2.45, 2.75) is 19.6 Å². The van der Waals surface area contributed by atoms with Crippen LogP contribution in [0.5, 0.6) is 0 Å².